The minimum Gasteiger partial charge on any atom is -0.377 e. The molecule has 18 heavy (non-hydrogen) atoms. The third kappa shape index (κ3) is 3.96. The van der Waals surface area contributed by atoms with Crippen LogP contribution in [0, 0.1) is 23.2 Å². The van der Waals surface area contributed by atoms with E-state index in [1.807, 2.05) is 0 Å². The Morgan fingerprint density at radius 3 is 2.22 bits per heavy atom. The quantitative estimate of drug-likeness (QED) is 0.749. The van der Waals surface area contributed by atoms with Crippen LogP contribution in [0.15, 0.2) is 0 Å². The van der Waals surface area contributed by atoms with E-state index in [2.05, 4.69) is 53.8 Å². The fourth-order valence-corrected chi connectivity index (χ4v) is 2.39. The Hall–Kier alpha value is -0.0800. The molecule has 0 aliphatic heterocycles. The predicted octanol–water partition coefficient (Wildman–Crippen LogP) is 3.71. The van der Waals surface area contributed by atoms with Crippen molar-refractivity contribution in [2.45, 2.75) is 67.0 Å². The Balaban J connectivity index is 2.30. The number of hydrogen-bond donors (Lipinski definition) is 1. The first-order valence-electron chi connectivity index (χ1n) is 7.60. The second-order valence-electron chi connectivity index (χ2n) is 7.46. The maximum absolute atomic E-state index is 6.00. The minimum atomic E-state index is 0.283. The molecule has 1 aliphatic rings. The monoisotopic (exact) mass is 255 g/mol. The van der Waals surface area contributed by atoms with E-state index in [0.29, 0.717) is 18.1 Å². The smallest absolute Gasteiger partial charge is 0.0656 e. The van der Waals surface area contributed by atoms with Gasteiger partial charge in [0.1, 0.15) is 0 Å². The van der Waals surface area contributed by atoms with Crippen molar-refractivity contribution in [3.8, 4) is 0 Å². The average molecular weight is 255 g/mol. The summed E-state index contributed by atoms with van der Waals surface area (Å²) in [5.41, 5.74) is 0.283. The Bertz CT molecular complexity index is 247. The molecule has 0 aromatic carbocycles. The van der Waals surface area contributed by atoms with Crippen molar-refractivity contribution >= 4 is 0 Å². The van der Waals surface area contributed by atoms with Gasteiger partial charge in [-0.2, -0.15) is 0 Å². The lowest BCUT2D eigenvalue weighted by Gasteiger charge is -2.52. The van der Waals surface area contributed by atoms with Gasteiger partial charge in [-0.15, -0.1) is 0 Å². The van der Waals surface area contributed by atoms with Crippen LogP contribution in [0.2, 0.25) is 0 Å². The largest absolute Gasteiger partial charge is 0.377 e. The molecule has 108 valence electrons. The molecule has 0 radical (unpaired) electrons. The highest BCUT2D eigenvalue weighted by atomic mass is 16.5. The van der Waals surface area contributed by atoms with E-state index in [0.717, 1.165) is 25.0 Å². The van der Waals surface area contributed by atoms with Gasteiger partial charge in [0.15, 0.2) is 0 Å². The van der Waals surface area contributed by atoms with Gasteiger partial charge in [-0.05, 0) is 30.7 Å². The first kappa shape index (κ1) is 16.0. The molecule has 3 unspecified atom stereocenters. The summed E-state index contributed by atoms with van der Waals surface area (Å²) in [5.74, 6) is 2.14. The minimum absolute atomic E-state index is 0.283. The van der Waals surface area contributed by atoms with Crippen LogP contribution in [0.3, 0.4) is 0 Å². The van der Waals surface area contributed by atoms with Gasteiger partial charge in [0.25, 0.3) is 0 Å². The molecule has 3 atom stereocenters. The molecule has 1 saturated carbocycles. The summed E-state index contributed by atoms with van der Waals surface area (Å²) in [6, 6.07) is 0.621. The second kappa shape index (κ2) is 6.38. The van der Waals surface area contributed by atoms with Gasteiger partial charge in [0.2, 0.25) is 0 Å². The normalized spacial score (nSPS) is 28.5. The molecule has 0 amide bonds. The van der Waals surface area contributed by atoms with Gasteiger partial charge in [-0.1, -0.05) is 48.5 Å². The van der Waals surface area contributed by atoms with Crippen LogP contribution in [0.1, 0.15) is 54.9 Å². The van der Waals surface area contributed by atoms with Crippen LogP contribution >= 0.6 is 0 Å². The van der Waals surface area contributed by atoms with Crippen molar-refractivity contribution in [1.29, 1.82) is 0 Å². The van der Waals surface area contributed by atoms with Crippen molar-refractivity contribution in [2.75, 3.05) is 13.2 Å². The van der Waals surface area contributed by atoms with E-state index in [9.17, 15) is 0 Å². The van der Waals surface area contributed by atoms with E-state index in [-0.39, 0.29) is 5.41 Å². The summed E-state index contributed by atoms with van der Waals surface area (Å²) in [6.45, 7) is 18.0. The number of nitrogens with one attached hydrogen (secondary N) is 1. The highest BCUT2D eigenvalue weighted by Gasteiger charge is 2.48. The molecule has 0 saturated heterocycles. The third-order valence-electron chi connectivity index (χ3n) is 4.63. The topological polar surface area (TPSA) is 21.3 Å². The Morgan fingerprint density at radius 1 is 1.17 bits per heavy atom. The van der Waals surface area contributed by atoms with E-state index in [1.54, 1.807) is 0 Å². The number of hydrogen-bond acceptors (Lipinski definition) is 2. The lowest BCUT2D eigenvalue weighted by Crippen LogP contribution is -2.61. The van der Waals surface area contributed by atoms with Crippen molar-refractivity contribution in [2.24, 2.45) is 23.2 Å². The van der Waals surface area contributed by atoms with Crippen LogP contribution in [0.25, 0.3) is 0 Å². The number of rotatable bonds is 7. The first-order valence-corrected chi connectivity index (χ1v) is 7.60. The third-order valence-corrected chi connectivity index (χ3v) is 4.63. The van der Waals surface area contributed by atoms with Crippen molar-refractivity contribution in [1.82, 2.24) is 5.32 Å². The van der Waals surface area contributed by atoms with Crippen LogP contribution in [-0.2, 0) is 4.74 Å². The Labute approximate surface area is 114 Å². The van der Waals surface area contributed by atoms with Gasteiger partial charge in [0, 0.05) is 18.1 Å². The Morgan fingerprint density at radius 2 is 1.78 bits per heavy atom. The van der Waals surface area contributed by atoms with Gasteiger partial charge >= 0.3 is 0 Å². The standard InChI is InChI=1S/C16H33NO/c1-11(2)10-18-15-8-14(16(15,6)7)17-9-13(5)12(3)4/h11-15,17H,8-10H2,1-7H3. The molecular formula is C16H33NO. The molecule has 0 bridgehead atoms. The zero-order valence-corrected chi connectivity index (χ0v) is 13.4. The summed E-state index contributed by atoms with van der Waals surface area (Å²) in [6.07, 6.45) is 1.61. The average Bonchev–Trinajstić information content (AvgIpc) is 2.25. The predicted molar refractivity (Wildman–Crippen MR) is 78.8 cm³/mol. The summed E-state index contributed by atoms with van der Waals surface area (Å²) in [4.78, 5) is 0. The SMILES string of the molecule is CC(C)COC1CC(NCC(C)C(C)C)C1(C)C. The molecule has 0 aromatic rings. The zero-order chi connectivity index (χ0) is 13.9. The maximum atomic E-state index is 6.00. The molecule has 1 aliphatic carbocycles. The summed E-state index contributed by atoms with van der Waals surface area (Å²) in [7, 11) is 0. The maximum Gasteiger partial charge on any atom is 0.0656 e. The van der Waals surface area contributed by atoms with E-state index in [4.69, 9.17) is 4.74 Å². The van der Waals surface area contributed by atoms with Gasteiger partial charge in [0.05, 0.1) is 6.10 Å². The Kier molecular flexibility index (Phi) is 5.67. The second-order valence-corrected chi connectivity index (χ2v) is 7.46. The number of ether oxygens (including phenoxy) is 1. The zero-order valence-electron chi connectivity index (χ0n) is 13.4. The van der Waals surface area contributed by atoms with Crippen molar-refractivity contribution in [3.05, 3.63) is 0 Å². The fourth-order valence-electron chi connectivity index (χ4n) is 2.39. The summed E-state index contributed by atoms with van der Waals surface area (Å²) < 4.78 is 6.00. The van der Waals surface area contributed by atoms with Gasteiger partial charge in [-0.3, -0.25) is 0 Å². The molecule has 1 N–H and O–H groups in total. The van der Waals surface area contributed by atoms with Crippen molar-refractivity contribution < 1.29 is 4.74 Å². The van der Waals surface area contributed by atoms with E-state index < -0.39 is 0 Å². The van der Waals surface area contributed by atoms with Crippen molar-refractivity contribution in [3.63, 3.8) is 0 Å². The van der Waals surface area contributed by atoms with E-state index in [1.165, 1.54) is 6.42 Å². The molecule has 1 rings (SSSR count). The lowest BCUT2D eigenvalue weighted by molar-refractivity contribution is -0.124. The van der Waals surface area contributed by atoms with Crippen LogP contribution < -0.4 is 5.32 Å². The first-order chi connectivity index (χ1) is 8.25. The highest BCUT2D eigenvalue weighted by Crippen LogP contribution is 2.43. The molecule has 0 spiro atoms. The highest BCUT2D eigenvalue weighted by molar-refractivity contribution is 5.02. The van der Waals surface area contributed by atoms with E-state index >= 15 is 0 Å². The summed E-state index contributed by atoms with van der Waals surface area (Å²) in [5, 5.41) is 3.73. The fraction of sp³-hybridized carbons (Fsp3) is 1.00. The molecule has 0 aromatic heterocycles. The van der Waals surface area contributed by atoms with Crippen LogP contribution in [-0.4, -0.2) is 25.3 Å². The van der Waals surface area contributed by atoms with Gasteiger partial charge in [-0.25, -0.2) is 0 Å². The molecule has 2 nitrogen and oxygen atoms in total. The lowest BCUT2D eigenvalue weighted by atomic mass is 9.64. The summed E-state index contributed by atoms with van der Waals surface area (Å²) >= 11 is 0. The van der Waals surface area contributed by atoms with Gasteiger partial charge < -0.3 is 10.1 Å². The van der Waals surface area contributed by atoms with Crippen LogP contribution in [0.4, 0.5) is 0 Å². The molecule has 0 heterocycles. The van der Waals surface area contributed by atoms with Crippen LogP contribution in [0.5, 0.6) is 0 Å². The molecule has 1 fully saturated rings. The molecular weight excluding hydrogens is 222 g/mol. The molecule has 2 heteroatoms.